The number of aryl methyl sites for hydroxylation is 1. The van der Waals surface area contributed by atoms with Crippen LogP contribution in [0.15, 0.2) is 54.6 Å². The standard InChI is InChI=1S/C22H26N2O6/c1-22(2,3)30-21(27)19(23-20(26)16-7-5-4-6-8-16)18(25)14-11-15-9-12-17(13-10-15)24(28)29/h4-10,12-13,18-19,25H,11,14H2,1-3H3,(H,23,26)/t18?,19-/m0/s1. The number of nitro benzene ring substituents is 1. The molecular formula is C22H26N2O6. The topological polar surface area (TPSA) is 119 Å². The summed E-state index contributed by atoms with van der Waals surface area (Å²) in [6.45, 7) is 5.10. The lowest BCUT2D eigenvalue weighted by Gasteiger charge is -2.27. The lowest BCUT2D eigenvalue weighted by atomic mass is 10.0. The molecule has 0 bridgehead atoms. The summed E-state index contributed by atoms with van der Waals surface area (Å²) >= 11 is 0. The number of ether oxygens (including phenoxy) is 1. The molecule has 2 rings (SSSR count). The molecule has 0 aliphatic carbocycles. The predicted molar refractivity (Wildman–Crippen MR) is 111 cm³/mol. The number of carbonyl (C=O) groups is 2. The van der Waals surface area contributed by atoms with Gasteiger partial charge >= 0.3 is 5.97 Å². The van der Waals surface area contributed by atoms with Crippen LogP contribution in [0.5, 0.6) is 0 Å². The zero-order valence-electron chi connectivity index (χ0n) is 17.2. The fourth-order valence-corrected chi connectivity index (χ4v) is 2.76. The van der Waals surface area contributed by atoms with E-state index in [0.29, 0.717) is 12.0 Å². The monoisotopic (exact) mass is 414 g/mol. The summed E-state index contributed by atoms with van der Waals surface area (Å²) in [5, 5.41) is 24.0. The van der Waals surface area contributed by atoms with Gasteiger partial charge in [-0.25, -0.2) is 4.79 Å². The first-order valence-electron chi connectivity index (χ1n) is 9.57. The summed E-state index contributed by atoms with van der Waals surface area (Å²) < 4.78 is 5.36. The summed E-state index contributed by atoms with van der Waals surface area (Å²) in [7, 11) is 0. The predicted octanol–water partition coefficient (Wildman–Crippen LogP) is 3.03. The van der Waals surface area contributed by atoms with E-state index < -0.39 is 34.5 Å². The molecule has 0 radical (unpaired) electrons. The minimum atomic E-state index is -1.25. The van der Waals surface area contributed by atoms with Crippen LogP contribution in [0.2, 0.25) is 0 Å². The number of hydrogen-bond acceptors (Lipinski definition) is 6. The Hall–Kier alpha value is -3.26. The second kappa shape index (κ2) is 9.98. The second-order valence-electron chi connectivity index (χ2n) is 7.88. The molecule has 2 aromatic rings. The molecule has 30 heavy (non-hydrogen) atoms. The van der Waals surface area contributed by atoms with Gasteiger partial charge in [0, 0.05) is 17.7 Å². The van der Waals surface area contributed by atoms with E-state index in [9.17, 15) is 24.8 Å². The van der Waals surface area contributed by atoms with Crippen LogP contribution in [-0.4, -0.2) is 39.7 Å². The van der Waals surface area contributed by atoms with Crippen LogP contribution in [-0.2, 0) is 16.0 Å². The minimum Gasteiger partial charge on any atom is -0.458 e. The molecule has 1 amide bonds. The number of esters is 1. The van der Waals surface area contributed by atoms with E-state index in [1.165, 1.54) is 12.1 Å². The molecule has 8 nitrogen and oxygen atoms in total. The first-order chi connectivity index (χ1) is 14.1. The molecular weight excluding hydrogens is 388 g/mol. The van der Waals surface area contributed by atoms with Crippen LogP contribution in [0.4, 0.5) is 5.69 Å². The van der Waals surface area contributed by atoms with E-state index in [1.54, 1.807) is 63.2 Å². The van der Waals surface area contributed by atoms with Crippen molar-refractivity contribution in [3.63, 3.8) is 0 Å². The number of benzene rings is 2. The third kappa shape index (κ3) is 6.97. The number of nitro groups is 1. The van der Waals surface area contributed by atoms with Gasteiger partial charge in [-0.15, -0.1) is 0 Å². The van der Waals surface area contributed by atoms with Crippen LogP contribution < -0.4 is 5.32 Å². The van der Waals surface area contributed by atoms with Crippen molar-refractivity contribution < 1.29 is 24.4 Å². The summed E-state index contributed by atoms with van der Waals surface area (Å²) in [6.07, 6.45) is -0.695. The van der Waals surface area contributed by atoms with Crippen molar-refractivity contribution in [2.75, 3.05) is 0 Å². The quantitative estimate of drug-likeness (QED) is 0.389. The van der Waals surface area contributed by atoms with E-state index in [1.807, 2.05) is 0 Å². The SMILES string of the molecule is CC(C)(C)OC(=O)[C@@H](NC(=O)c1ccccc1)C(O)CCc1ccc([N+](=O)[O-])cc1. The van der Waals surface area contributed by atoms with Crippen molar-refractivity contribution in [3.05, 3.63) is 75.8 Å². The first-order valence-corrected chi connectivity index (χ1v) is 9.57. The van der Waals surface area contributed by atoms with Gasteiger partial charge in [0.1, 0.15) is 5.60 Å². The van der Waals surface area contributed by atoms with Gasteiger partial charge in [0.15, 0.2) is 6.04 Å². The number of carbonyl (C=O) groups excluding carboxylic acids is 2. The molecule has 1 unspecified atom stereocenters. The largest absolute Gasteiger partial charge is 0.458 e. The number of rotatable bonds is 8. The van der Waals surface area contributed by atoms with Gasteiger partial charge in [0.05, 0.1) is 11.0 Å². The molecule has 2 N–H and O–H groups in total. The smallest absolute Gasteiger partial charge is 0.331 e. The summed E-state index contributed by atoms with van der Waals surface area (Å²) in [4.78, 5) is 35.4. The number of aliphatic hydroxyl groups excluding tert-OH is 1. The normalized spacial score (nSPS) is 13.2. The van der Waals surface area contributed by atoms with Crippen LogP contribution >= 0.6 is 0 Å². The van der Waals surface area contributed by atoms with Gasteiger partial charge in [-0.2, -0.15) is 0 Å². The second-order valence-corrected chi connectivity index (χ2v) is 7.88. The van der Waals surface area contributed by atoms with Crippen molar-refractivity contribution in [2.24, 2.45) is 0 Å². The van der Waals surface area contributed by atoms with Gasteiger partial charge in [0.25, 0.3) is 11.6 Å². The number of non-ortho nitro benzene ring substituents is 1. The Labute approximate surface area is 175 Å². The first kappa shape index (κ1) is 23.0. The number of nitrogens with zero attached hydrogens (tertiary/aromatic N) is 1. The Bertz CT molecular complexity index is 875. The molecule has 0 aromatic heterocycles. The molecule has 8 heteroatoms. The third-order valence-electron chi connectivity index (χ3n) is 4.24. The zero-order valence-corrected chi connectivity index (χ0v) is 17.2. The highest BCUT2D eigenvalue weighted by Crippen LogP contribution is 2.16. The van der Waals surface area contributed by atoms with Gasteiger partial charge < -0.3 is 15.2 Å². The highest BCUT2D eigenvalue weighted by atomic mass is 16.6. The average Bonchev–Trinajstić information content (AvgIpc) is 2.69. The Morgan fingerprint density at radius 1 is 1.10 bits per heavy atom. The summed E-state index contributed by atoms with van der Waals surface area (Å²) in [6, 6.07) is 13.1. The van der Waals surface area contributed by atoms with Crippen molar-refractivity contribution in [2.45, 2.75) is 51.4 Å². The number of aliphatic hydroxyl groups is 1. The van der Waals surface area contributed by atoms with E-state index in [0.717, 1.165) is 5.56 Å². The van der Waals surface area contributed by atoms with Crippen molar-refractivity contribution >= 4 is 17.6 Å². The highest BCUT2D eigenvalue weighted by Gasteiger charge is 2.32. The maximum Gasteiger partial charge on any atom is 0.331 e. The molecule has 0 saturated carbocycles. The molecule has 0 saturated heterocycles. The lowest BCUT2D eigenvalue weighted by molar-refractivity contribution is -0.384. The molecule has 0 heterocycles. The highest BCUT2D eigenvalue weighted by molar-refractivity contribution is 5.96. The molecule has 0 aliphatic heterocycles. The van der Waals surface area contributed by atoms with Crippen molar-refractivity contribution in [1.29, 1.82) is 0 Å². The van der Waals surface area contributed by atoms with E-state index in [2.05, 4.69) is 5.32 Å². The Balaban J connectivity index is 2.10. The molecule has 160 valence electrons. The molecule has 2 atom stereocenters. The van der Waals surface area contributed by atoms with Crippen LogP contribution in [0.1, 0.15) is 43.1 Å². The fourth-order valence-electron chi connectivity index (χ4n) is 2.76. The number of amides is 1. The van der Waals surface area contributed by atoms with Gasteiger partial charge in [0.2, 0.25) is 0 Å². The van der Waals surface area contributed by atoms with E-state index in [-0.39, 0.29) is 12.1 Å². The number of nitrogens with one attached hydrogen (secondary N) is 1. The van der Waals surface area contributed by atoms with E-state index in [4.69, 9.17) is 4.74 Å². The zero-order chi connectivity index (χ0) is 22.3. The molecule has 2 aromatic carbocycles. The van der Waals surface area contributed by atoms with Crippen molar-refractivity contribution in [3.8, 4) is 0 Å². The summed E-state index contributed by atoms with van der Waals surface area (Å²) in [5.74, 6) is -1.23. The van der Waals surface area contributed by atoms with Gasteiger partial charge in [-0.1, -0.05) is 30.3 Å². The summed E-state index contributed by atoms with van der Waals surface area (Å²) in [5.41, 5.74) is 0.303. The molecule has 0 fully saturated rings. The molecule has 0 aliphatic rings. The van der Waals surface area contributed by atoms with E-state index >= 15 is 0 Å². The minimum absolute atomic E-state index is 0.0268. The van der Waals surface area contributed by atoms with Gasteiger partial charge in [-0.05, 0) is 51.3 Å². The van der Waals surface area contributed by atoms with Crippen molar-refractivity contribution in [1.82, 2.24) is 5.32 Å². The number of hydrogen-bond donors (Lipinski definition) is 2. The Morgan fingerprint density at radius 2 is 1.70 bits per heavy atom. The Kier molecular flexibility index (Phi) is 7.66. The third-order valence-corrected chi connectivity index (χ3v) is 4.24. The molecule has 0 spiro atoms. The van der Waals surface area contributed by atoms with Crippen LogP contribution in [0, 0.1) is 10.1 Å². The van der Waals surface area contributed by atoms with Crippen LogP contribution in [0.25, 0.3) is 0 Å². The van der Waals surface area contributed by atoms with Crippen LogP contribution in [0.3, 0.4) is 0 Å². The fraction of sp³-hybridized carbons (Fsp3) is 0.364. The Morgan fingerprint density at radius 3 is 2.23 bits per heavy atom. The average molecular weight is 414 g/mol. The maximum absolute atomic E-state index is 12.6. The van der Waals surface area contributed by atoms with Gasteiger partial charge in [-0.3, -0.25) is 14.9 Å². The maximum atomic E-state index is 12.6. The lowest BCUT2D eigenvalue weighted by Crippen LogP contribution is -2.51.